The van der Waals surface area contributed by atoms with E-state index in [-0.39, 0.29) is 12.4 Å². The Bertz CT molecular complexity index is 347. The van der Waals surface area contributed by atoms with Gasteiger partial charge in [-0.05, 0) is 29.8 Å². The lowest BCUT2D eigenvalue weighted by Gasteiger charge is -2.03. The van der Waals surface area contributed by atoms with Gasteiger partial charge in [0, 0.05) is 6.54 Å². The molecule has 0 aliphatic carbocycles. The van der Waals surface area contributed by atoms with Crippen molar-refractivity contribution in [3.05, 3.63) is 15.9 Å². The molecule has 0 saturated carbocycles. The molecule has 0 aromatic carbocycles. The molecule has 1 rings (SSSR count). The highest BCUT2D eigenvalue weighted by molar-refractivity contribution is 9.10. The van der Waals surface area contributed by atoms with Gasteiger partial charge in [0.05, 0.1) is 29.4 Å². The summed E-state index contributed by atoms with van der Waals surface area (Å²) >= 11 is 3.41. The van der Waals surface area contributed by atoms with Crippen LogP contribution >= 0.6 is 15.9 Å². The number of esters is 1. The Morgan fingerprint density at radius 1 is 1.64 bits per heavy atom. The quantitative estimate of drug-likeness (QED) is 0.778. The lowest BCUT2D eigenvalue weighted by atomic mass is 10.3. The summed E-state index contributed by atoms with van der Waals surface area (Å²) in [6, 6.07) is 0. The zero-order valence-corrected chi connectivity index (χ0v) is 10.1. The van der Waals surface area contributed by atoms with E-state index in [4.69, 9.17) is 0 Å². The molecule has 78 valence electrons. The number of hydrogen-bond acceptors (Lipinski definition) is 3. The summed E-state index contributed by atoms with van der Waals surface area (Å²) in [6.07, 6.45) is 0.256. The van der Waals surface area contributed by atoms with Crippen molar-refractivity contribution in [1.29, 1.82) is 0 Å². The number of methoxy groups -OCH3 is 1. The molecular formula is C9H13BrN2O2. The smallest absolute Gasteiger partial charge is 0.311 e. The average Bonchev–Trinajstić information content (AvgIpc) is 2.45. The number of carbonyl (C=O) groups is 1. The highest BCUT2D eigenvalue weighted by Gasteiger charge is 2.15. The third-order valence-corrected chi connectivity index (χ3v) is 3.02. The summed E-state index contributed by atoms with van der Waals surface area (Å²) in [6.45, 7) is 4.63. The molecular weight excluding hydrogens is 248 g/mol. The molecule has 0 aliphatic rings. The first-order chi connectivity index (χ1) is 6.60. The second-order valence-electron chi connectivity index (χ2n) is 2.91. The van der Waals surface area contributed by atoms with Gasteiger partial charge in [0.15, 0.2) is 0 Å². The topological polar surface area (TPSA) is 44.1 Å². The molecule has 1 heterocycles. The molecule has 0 radical (unpaired) electrons. The fraction of sp³-hybridized carbons (Fsp3) is 0.556. The van der Waals surface area contributed by atoms with E-state index in [1.54, 1.807) is 4.68 Å². The minimum Gasteiger partial charge on any atom is -0.469 e. The Balaban J connectivity index is 2.99. The van der Waals surface area contributed by atoms with Crippen molar-refractivity contribution in [3.8, 4) is 0 Å². The molecule has 0 fully saturated rings. The van der Waals surface area contributed by atoms with Gasteiger partial charge in [-0.25, -0.2) is 0 Å². The molecule has 4 nitrogen and oxygen atoms in total. The molecule has 1 aromatic heterocycles. The Morgan fingerprint density at radius 2 is 2.29 bits per heavy atom. The lowest BCUT2D eigenvalue weighted by molar-refractivity contribution is -0.139. The number of halogens is 1. The number of ether oxygens (including phenoxy) is 1. The maximum absolute atomic E-state index is 11.1. The van der Waals surface area contributed by atoms with E-state index in [9.17, 15) is 4.79 Å². The van der Waals surface area contributed by atoms with Crippen LogP contribution in [0.2, 0.25) is 0 Å². The van der Waals surface area contributed by atoms with E-state index in [0.717, 1.165) is 22.4 Å². The number of nitrogens with zero attached hydrogens (tertiary/aromatic N) is 2. The Kier molecular flexibility index (Phi) is 3.69. The summed E-state index contributed by atoms with van der Waals surface area (Å²) in [5.41, 5.74) is 1.77. The first-order valence-electron chi connectivity index (χ1n) is 4.38. The standard InChI is InChI=1S/C9H13BrN2O2/c1-4-12-7(5-8(13)14-3)9(10)6(2)11-12/h4-5H2,1-3H3. The first kappa shape index (κ1) is 11.2. The van der Waals surface area contributed by atoms with Crippen molar-refractivity contribution in [3.63, 3.8) is 0 Å². The van der Waals surface area contributed by atoms with Crippen LogP contribution in [-0.4, -0.2) is 22.9 Å². The third-order valence-electron chi connectivity index (χ3n) is 1.99. The number of carbonyl (C=O) groups excluding carboxylic acids is 1. The summed E-state index contributed by atoms with van der Waals surface area (Å²) < 4.78 is 7.31. The van der Waals surface area contributed by atoms with Crippen molar-refractivity contribution >= 4 is 21.9 Å². The van der Waals surface area contributed by atoms with Gasteiger partial charge in [-0.1, -0.05) is 0 Å². The van der Waals surface area contributed by atoms with Gasteiger partial charge in [0.25, 0.3) is 0 Å². The van der Waals surface area contributed by atoms with Crippen molar-refractivity contribution in [1.82, 2.24) is 9.78 Å². The molecule has 0 unspecified atom stereocenters. The monoisotopic (exact) mass is 260 g/mol. The Morgan fingerprint density at radius 3 is 2.79 bits per heavy atom. The maximum atomic E-state index is 11.1. The van der Waals surface area contributed by atoms with Gasteiger partial charge >= 0.3 is 5.97 Å². The largest absolute Gasteiger partial charge is 0.469 e. The number of aryl methyl sites for hydroxylation is 2. The molecule has 0 spiro atoms. The van der Waals surface area contributed by atoms with E-state index in [1.165, 1.54) is 7.11 Å². The summed E-state index contributed by atoms with van der Waals surface area (Å²) in [7, 11) is 1.38. The van der Waals surface area contributed by atoms with Gasteiger partial charge in [-0.2, -0.15) is 5.10 Å². The number of aromatic nitrogens is 2. The van der Waals surface area contributed by atoms with E-state index in [2.05, 4.69) is 25.8 Å². The number of rotatable bonds is 3. The maximum Gasteiger partial charge on any atom is 0.311 e. The van der Waals surface area contributed by atoms with Gasteiger partial charge in [-0.3, -0.25) is 9.48 Å². The summed E-state index contributed by atoms with van der Waals surface area (Å²) in [5.74, 6) is -0.250. The zero-order valence-electron chi connectivity index (χ0n) is 8.50. The average molecular weight is 261 g/mol. The Hall–Kier alpha value is -0.840. The van der Waals surface area contributed by atoms with E-state index >= 15 is 0 Å². The molecule has 0 N–H and O–H groups in total. The second-order valence-corrected chi connectivity index (χ2v) is 3.71. The highest BCUT2D eigenvalue weighted by atomic mass is 79.9. The van der Waals surface area contributed by atoms with E-state index in [0.29, 0.717) is 0 Å². The van der Waals surface area contributed by atoms with Gasteiger partial charge in [-0.15, -0.1) is 0 Å². The van der Waals surface area contributed by atoms with Crippen LogP contribution in [0.4, 0.5) is 0 Å². The van der Waals surface area contributed by atoms with Crippen molar-refractivity contribution in [2.75, 3.05) is 7.11 Å². The zero-order chi connectivity index (χ0) is 10.7. The number of hydrogen-bond donors (Lipinski definition) is 0. The molecule has 0 amide bonds. The van der Waals surface area contributed by atoms with Crippen LogP contribution in [0.5, 0.6) is 0 Å². The van der Waals surface area contributed by atoms with Gasteiger partial charge in [0.1, 0.15) is 0 Å². The fourth-order valence-electron chi connectivity index (χ4n) is 1.25. The molecule has 0 saturated heterocycles. The van der Waals surface area contributed by atoms with Crippen molar-refractivity contribution in [2.24, 2.45) is 0 Å². The molecule has 14 heavy (non-hydrogen) atoms. The molecule has 0 bridgehead atoms. The first-order valence-corrected chi connectivity index (χ1v) is 5.18. The lowest BCUT2D eigenvalue weighted by Crippen LogP contribution is -2.10. The fourth-order valence-corrected chi connectivity index (χ4v) is 1.67. The summed E-state index contributed by atoms with van der Waals surface area (Å²) in [4.78, 5) is 11.1. The van der Waals surface area contributed by atoms with Crippen LogP contribution in [0.3, 0.4) is 0 Å². The molecule has 0 aliphatic heterocycles. The van der Waals surface area contributed by atoms with Crippen molar-refractivity contribution < 1.29 is 9.53 Å². The Labute approximate surface area is 91.4 Å². The minimum atomic E-state index is -0.250. The predicted molar refractivity (Wildman–Crippen MR) is 56.1 cm³/mol. The molecule has 0 atom stereocenters. The predicted octanol–water partition coefficient (Wildman–Crippen LogP) is 1.69. The van der Waals surface area contributed by atoms with Crippen LogP contribution in [-0.2, 0) is 22.5 Å². The SMILES string of the molecule is CCn1nc(C)c(Br)c1CC(=O)OC. The van der Waals surface area contributed by atoms with Crippen LogP contribution < -0.4 is 0 Å². The van der Waals surface area contributed by atoms with Crippen LogP contribution in [0.1, 0.15) is 18.3 Å². The highest BCUT2D eigenvalue weighted by Crippen LogP contribution is 2.21. The normalized spacial score (nSPS) is 10.3. The van der Waals surface area contributed by atoms with E-state index < -0.39 is 0 Å². The minimum absolute atomic E-state index is 0.250. The third kappa shape index (κ3) is 2.15. The van der Waals surface area contributed by atoms with Gasteiger partial charge in [0.2, 0.25) is 0 Å². The molecule has 1 aromatic rings. The van der Waals surface area contributed by atoms with Crippen LogP contribution in [0, 0.1) is 6.92 Å². The van der Waals surface area contributed by atoms with Crippen LogP contribution in [0.15, 0.2) is 4.47 Å². The van der Waals surface area contributed by atoms with Gasteiger partial charge < -0.3 is 4.74 Å². The summed E-state index contributed by atoms with van der Waals surface area (Å²) in [5, 5.41) is 4.28. The van der Waals surface area contributed by atoms with E-state index in [1.807, 2.05) is 13.8 Å². The van der Waals surface area contributed by atoms with Crippen molar-refractivity contribution in [2.45, 2.75) is 26.8 Å². The second kappa shape index (κ2) is 4.59. The van der Waals surface area contributed by atoms with Crippen LogP contribution in [0.25, 0.3) is 0 Å². The molecule has 5 heteroatoms.